The van der Waals surface area contributed by atoms with Gasteiger partial charge in [-0.15, -0.1) is 0 Å². The van der Waals surface area contributed by atoms with E-state index in [4.69, 9.17) is 38.3 Å². The highest BCUT2D eigenvalue weighted by Crippen LogP contribution is 2.32. The molecule has 1 heterocycles. The van der Waals surface area contributed by atoms with Crippen LogP contribution in [0.5, 0.6) is 28.7 Å². The molecule has 0 aliphatic heterocycles. The predicted molar refractivity (Wildman–Crippen MR) is 248 cm³/mol. The second-order valence-corrected chi connectivity index (χ2v) is 14.8. The fourth-order valence-corrected chi connectivity index (χ4v) is 6.74. The van der Waals surface area contributed by atoms with Gasteiger partial charge in [0.1, 0.15) is 28.7 Å². The molecule has 0 unspecified atom stereocenters. The summed E-state index contributed by atoms with van der Waals surface area (Å²) in [5, 5.41) is 6.78. The number of benzene rings is 5. The molecule has 0 spiro atoms. The van der Waals surface area contributed by atoms with Crippen LogP contribution in [0.25, 0.3) is 21.8 Å². The zero-order valence-corrected chi connectivity index (χ0v) is 36.4. The van der Waals surface area contributed by atoms with E-state index < -0.39 is 23.9 Å². The standard InChI is InChI=1S/C52H52N2O11/c1-4-49(55)62-32-14-8-6-12-30-60-40-22-18-37(19-23-40)51(57)64-43-27-29-48(65-52(58)38-20-24-41(25-21-38)61-31-13-7-9-15-33-63-50(56)5-2)39(34-43)36-53-54-46-17-11-10-16-44(46)45-35-42(59-3)26-28-47(45)54/h4-5,10-11,16-29,34-36H,1-2,6-9,12-15,30-33H2,3H3/b53-36+. The number of unbranched alkanes of at least 4 members (excludes halogenated alkanes) is 6. The molecular formula is C52H52N2O11. The minimum Gasteiger partial charge on any atom is -0.497 e. The van der Waals surface area contributed by atoms with Crippen molar-refractivity contribution in [1.29, 1.82) is 0 Å². The molecule has 0 aliphatic carbocycles. The number of esters is 4. The van der Waals surface area contributed by atoms with E-state index in [-0.39, 0.29) is 11.5 Å². The lowest BCUT2D eigenvalue weighted by Gasteiger charge is -2.11. The van der Waals surface area contributed by atoms with Crippen molar-refractivity contribution in [2.24, 2.45) is 5.10 Å². The van der Waals surface area contributed by atoms with Crippen LogP contribution >= 0.6 is 0 Å². The molecule has 0 atom stereocenters. The Kier molecular flexibility index (Phi) is 17.5. The molecule has 6 aromatic rings. The molecule has 336 valence electrons. The lowest BCUT2D eigenvalue weighted by molar-refractivity contribution is -0.138. The van der Waals surface area contributed by atoms with Gasteiger partial charge in [-0.1, -0.05) is 31.4 Å². The van der Waals surface area contributed by atoms with Gasteiger partial charge in [-0.25, -0.2) is 23.9 Å². The van der Waals surface area contributed by atoms with Gasteiger partial charge < -0.3 is 33.2 Å². The molecule has 65 heavy (non-hydrogen) atoms. The molecule has 6 rings (SSSR count). The maximum Gasteiger partial charge on any atom is 0.343 e. The number of para-hydroxylation sites is 1. The molecule has 0 saturated heterocycles. The Balaban J connectivity index is 1.12. The Bertz CT molecular complexity index is 2610. The van der Waals surface area contributed by atoms with Gasteiger partial charge in [0, 0.05) is 28.5 Å². The number of nitrogens with zero attached hydrogens (tertiary/aromatic N) is 2. The van der Waals surface area contributed by atoms with Crippen LogP contribution in [0.1, 0.15) is 77.6 Å². The highest BCUT2D eigenvalue weighted by Gasteiger charge is 2.17. The van der Waals surface area contributed by atoms with Crippen molar-refractivity contribution in [3.63, 3.8) is 0 Å². The SMILES string of the molecule is C=CC(=O)OCCCCCCOc1ccc(C(=O)Oc2ccc(OC(=O)c3ccc(OCCCCCCOC(=O)C=C)cc3)c(/C=N/n3c4ccccc4c4cc(OC)ccc43)c2)cc1. The molecule has 0 saturated carbocycles. The van der Waals surface area contributed by atoms with Crippen molar-refractivity contribution in [2.75, 3.05) is 33.5 Å². The quantitative estimate of drug-likeness (QED) is 0.0178. The summed E-state index contributed by atoms with van der Waals surface area (Å²) in [7, 11) is 1.62. The normalized spacial score (nSPS) is 11.0. The number of hydrogen-bond acceptors (Lipinski definition) is 12. The molecular weight excluding hydrogens is 829 g/mol. The Hall–Kier alpha value is -7.67. The van der Waals surface area contributed by atoms with Gasteiger partial charge in [-0.2, -0.15) is 5.10 Å². The maximum atomic E-state index is 13.5. The van der Waals surface area contributed by atoms with Crippen LogP contribution in [-0.2, 0) is 19.1 Å². The van der Waals surface area contributed by atoms with E-state index in [1.54, 1.807) is 84.7 Å². The van der Waals surface area contributed by atoms with Crippen molar-refractivity contribution in [3.8, 4) is 28.7 Å². The third-order valence-corrected chi connectivity index (χ3v) is 10.2. The zero-order valence-electron chi connectivity index (χ0n) is 36.4. The molecule has 0 aliphatic rings. The van der Waals surface area contributed by atoms with Crippen molar-refractivity contribution in [3.05, 3.63) is 151 Å². The third-order valence-electron chi connectivity index (χ3n) is 10.2. The van der Waals surface area contributed by atoms with Crippen LogP contribution < -0.4 is 23.7 Å². The number of aromatic nitrogens is 1. The Morgan fingerprint density at radius 1 is 0.538 bits per heavy atom. The molecule has 13 nitrogen and oxygen atoms in total. The number of carbonyl (C=O) groups is 4. The van der Waals surface area contributed by atoms with Gasteiger partial charge in [0.05, 0.1) is 61.9 Å². The lowest BCUT2D eigenvalue weighted by Crippen LogP contribution is -2.11. The van der Waals surface area contributed by atoms with E-state index in [9.17, 15) is 19.2 Å². The molecule has 1 aromatic heterocycles. The average Bonchev–Trinajstić information content (AvgIpc) is 3.65. The van der Waals surface area contributed by atoms with E-state index in [0.29, 0.717) is 60.4 Å². The maximum absolute atomic E-state index is 13.5. The molecule has 0 radical (unpaired) electrons. The number of ether oxygens (including phenoxy) is 7. The zero-order chi connectivity index (χ0) is 45.8. The van der Waals surface area contributed by atoms with E-state index >= 15 is 0 Å². The van der Waals surface area contributed by atoms with Gasteiger partial charge in [0.2, 0.25) is 0 Å². The Morgan fingerprint density at radius 3 is 1.62 bits per heavy atom. The van der Waals surface area contributed by atoms with Gasteiger partial charge in [0.15, 0.2) is 0 Å². The summed E-state index contributed by atoms with van der Waals surface area (Å²) in [5.74, 6) is 0.306. The molecule has 0 amide bonds. The number of methoxy groups -OCH3 is 1. The first kappa shape index (κ1) is 46.8. The average molecular weight is 881 g/mol. The van der Waals surface area contributed by atoms with E-state index in [2.05, 4.69) is 13.2 Å². The summed E-state index contributed by atoms with van der Waals surface area (Å²) in [4.78, 5) is 49.2. The van der Waals surface area contributed by atoms with Crippen LogP contribution in [0.4, 0.5) is 0 Å². The topological polar surface area (TPSA) is 150 Å². The lowest BCUT2D eigenvalue weighted by atomic mass is 10.1. The van der Waals surface area contributed by atoms with Gasteiger partial charge in [-0.3, -0.25) is 0 Å². The first-order valence-corrected chi connectivity index (χ1v) is 21.5. The third kappa shape index (κ3) is 13.7. The highest BCUT2D eigenvalue weighted by molar-refractivity contribution is 6.09. The first-order valence-electron chi connectivity index (χ1n) is 21.5. The number of carbonyl (C=O) groups excluding carboxylic acids is 4. The minimum atomic E-state index is -0.606. The summed E-state index contributed by atoms with van der Waals surface area (Å²) in [6, 6.07) is 31.7. The van der Waals surface area contributed by atoms with Crippen LogP contribution in [-0.4, -0.2) is 68.3 Å². The van der Waals surface area contributed by atoms with Crippen molar-refractivity contribution in [1.82, 2.24) is 4.68 Å². The molecule has 13 heteroatoms. The van der Waals surface area contributed by atoms with Crippen LogP contribution in [0.3, 0.4) is 0 Å². The fourth-order valence-electron chi connectivity index (χ4n) is 6.74. The molecule has 0 bridgehead atoms. The summed E-state index contributed by atoms with van der Waals surface area (Å²) < 4.78 is 40.8. The molecule has 0 N–H and O–H groups in total. The summed E-state index contributed by atoms with van der Waals surface area (Å²) >= 11 is 0. The molecule has 0 fully saturated rings. The second kappa shape index (κ2) is 24.2. The second-order valence-electron chi connectivity index (χ2n) is 14.8. The van der Waals surface area contributed by atoms with Gasteiger partial charge in [-0.05, 0) is 142 Å². The van der Waals surface area contributed by atoms with Gasteiger partial charge >= 0.3 is 23.9 Å². The van der Waals surface area contributed by atoms with Crippen LogP contribution in [0.2, 0.25) is 0 Å². The smallest absolute Gasteiger partial charge is 0.343 e. The fraction of sp³-hybridized carbons (Fsp3) is 0.250. The Labute approximate surface area is 377 Å². The highest BCUT2D eigenvalue weighted by atomic mass is 16.5. The van der Waals surface area contributed by atoms with E-state index in [0.717, 1.165) is 85.3 Å². The van der Waals surface area contributed by atoms with Crippen molar-refractivity contribution < 1.29 is 52.3 Å². The largest absolute Gasteiger partial charge is 0.497 e. The van der Waals surface area contributed by atoms with E-state index in [1.807, 2.05) is 42.5 Å². The number of fused-ring (bicyclic) bond motifs is 3. The molecule has 5 aromatic carbocycles. The summed E-state index contributed by atoms with van der Waals surface area (Å²) in [5.41, 5.74) is 2.67. The summed E-state index contributed by atoms with van der Waals surface area (Å²) in [6.07, 6.45) is 10.7. The van der Waals surface area contributed by atoms with Gasteiger partial charge in [0.25, 0.3) is 0 Å². The monoisotopic (exact) mass is 880 g/mol. The number of hydrogen-bond donors (Lipinski definition) is 0. The van der Waals surface area contributed by atoms with Crippen LogP contribution in [0.15, 0.2) is 140 Å². The van der Waals surface area contributed by atoms with E-state index in [1.165, 1.54) is 0 Å². The summed E-state index contributed by atoms with van der Waals surface area (Å²) in [6.45, 7) is 8.50. The first-order chi connectivity index (χ1) is 31.8. The minimum absolute atomic E-state index is 0.193. The van der Waals surface area contributed by atoms with Crippen molar-refractivity contribution >= 4 is 51.9 Å². The van der Waals surface area contributed by atoms with Crippen molar-refractivity contribution in [2.45, 2.75) is 51.4 Å². The predicted octanol–water partition coefficient (Wildman–Crippen LogP) is 10.5. The Morgan fingerprint density at radius 2 is 1.05 bits per heavy atom. The van der Waals surface area contributed by atoms with Crippen LogP contribution in [0, 0.1) is 0 Å². The number of rotatable bonds is 25.